The van der Waals surface area contributed by atoms with Crippen LogP contribution in [0, 0.1) is 5.41 Å². The summed E-state index contributed by atoms with van der Waals surface area (Å²) in [7, 11) is 0. The lowest BCUT2D eigenvalue weighted by Gasteiger charge is -2.25. The number of anilines is 1. The summed E-state index contributed by atoms with van der Waals surface area (Å²) in [6, 6.07) is 10.4. The lowest BCUT2D eigenvalue weighted by atomic mass is 9.96. The Hall–Kier alpha value is -2.25. The molecule has 2 heterocycles. The summed E-state index contributed by atoms with van der Waals surface area (Å²) in [5.74, 6) is -0.396. The van der Waals surface area contributed by atoms with E-state index in [2.05, 4.69) is 44.8 Å². The number of carbonyl (C=O) groups is 2. The Kier molecular flexibility index (Phi) is 5.92. The Balaban J connectivity index is 1.53. The Morgan fingerprint density at radius 1 is 1.22 bits per heavy atom. The maximum Gasteiger partial charge on any atom is 0.245 e. The van der Waals surface area contributed by atoms with Crippen molar-refractivity contribution in [3.05, 3.63) is 46.5 Å². The quantitative estimate of drug-likeness (QED) is 0.829. The van der Waals surface area contributed by atoms with Crippen molar-refractivity contribution < 1.29 is 9.59 Å². The van der Waals surface area contributed by atoms with E-state index < -0.39 is 5.41 Å². The first-order valence-corrected chi connectivity index (χ1v) is 9.96. The highest BCUT2D eigenvalue weighted by Gasteiger charge is 2.23. The third-order valence-corrected chi connectivity index (χ3v) is 5.39. The zero-order valence-corrected chi connectivity index (χ0v) is 16.9. The van der Waals surface area contributed by atoms with Crippen molar-refractivity contribution in [3.8, 4) is 0 Å². The Morgan fingerprint density at radius 3 is 2.67 bits per heavy atom. The summed E-state index contributed by atoms with van der Waals surface area (Å²) < 4.78 is 0. The first-order valence-electron chi connectivity index (χ1n) is 9.14. The number of aromatic nitrogens is 1. The van der Waals surface area contributed by atoms with Crippen molar-refractivity contribution in [2.24, 2.45) is 5.41 Å². The zero-order chi connectivity index (χ0) is 19.4. The molecule has 0 saturated heterocycles. The molecular formula is C20H26N4O2S. The monoisotopic (exact) mass is 386 g/mol. The second kappa shape index (κ2) is 8.19. The highest BCUT2D eigenvalue weighted by molar-refractivity contribution is 7.15. The Bertz CT molecular complexity index is 811. The molecule has 3 rings (SSSR count). The van der Waals surface area contributed by atoms with Crippen LogP contribution in [-0.2, 0) is 29.1 Å². The fourth-order valence-corrected chi connectivity index (χ4v) is 3.93. The van der Waals surface area contributed by atoms with E-state index in [1.165, 1.54) is 21.8 Å². The van der Waals surface area contributed by atoms with Crippen molar-refractivity contribution in [1.29, 1.82) is 0 Å². The molecule has 0 aliphatic carbocycles. The topological polar surface area (TPSA) is 74.3 Å². The van der Waals surface area contributed by atoms with Crippen LogP contribution < -0.4 is 10.6 Å². The Labute approximate surface area is 164 Å². The number of thiazole rings is 1. The number of amides is 2. The maximum atomic E-state index is 12.1. The van der Waals surface area contributed by atoms with E-state index >= 15 is 0 Å². The van der Waals surface area contributed by atoms with E-state index in [-0.39, 0.29) is 18.4 Å². The molecule has 0 atom stereocenters. The van der Waals surface area contributed by atoms with Gasteiger partial charge in [0.25, 0.3) is 0 Å². The largest absolute Gasteiger partial charge is 0.347 e. The van der Waals surface area contributed by atoms with Crippen LogP contribution in [0.1, 0.15) is 36.9 Å². The standard InChI is InChI=1S/C20H26N4O2S/c1-20(2,3)18(26)21-11-17(25)23-19-22-15-9-10-24(13-16(15)27-19)12-14-7-5-4-6-8-14/h4-8H,9-13H2,1-3H3,(H,21,26)(H,22,23,25). The molecule has 27 heavy (non-hydrogen) atoms. The number of hydrogen-bond acceptors (Lipinski definition) is 5. The van der Waals surface area contributed by atoms with Gasteiger partial charge in [-0.3, -0.25) is 14.5 Å². The molecule has 0 fully saturated rings. The van der Waals surface area contributed by atoms with Crippen molar-refractivity contribution in [2.45, 2.75) is 40.3 Å². The molecule has 6 nitrogen and oxygen atoms in total. The summed E-state index contributed by atoms with van der Waals surface area (Å²) >= 11 is 1.52. The van der Waals surface area contributed by atoms with Crippen molar-refractivity contribution in [1.82, 2.24) is 15.2 Å². The summed E-state index contributed by atoms with van der Waals surface area (Å²) in [4.78, 5) is 32.1. The first kappa shape index (κ1) is 19.5. The number of nitrogens with one attached hydrogen (secondary N) is 2. The minimum Gasteiger partial charge on any atom is -0.347 e. The number of hydrogen-bond donors (Lipinski definition) is 2. The highest BCUT2D eigenvalue weighted by atomic mass is 32.1. The van der Waals surface area contributed by atoms with Gasteiger partial charge in [-0.2, -0.15) is 0 Å². The molecule has 1 aromatic carbocycles. The highest BCUT2D eigenvalue weighted by Crippen LogP contribution is 2.29. The van der Waals surface area contributed by atoms with Crippen LogP contribution in [0.25, 0.3) is 0 Å². The summed E-state index contributed by atoms with van der Waals surface area (Å²) in [5.41, 5.74) is 1.86. The van der Waals surface area contributed by atoms with Crippen LogP contribution in [0.15, 0.2) is 30.3 Å². The van der Waals surface area contributed by atoms with E-state index in [1.54, 1.807) is 0 Å². The molecule has 2 amide bonds. The van der Waals surface area contributed by atoms with E-state index in [4.69, 9.17) is 0 Å². The van der Waals surface area contributed by atoms with Crippen LogP contribution in [0.2, 0.25) is 0 Å². The van der Waals surface area contributed by atoms with Gasteiger partial charge >= 0.3 is 0 Å². The second-order valence-corrected chi connectivity index (χ2v) is 8.90. The van der Waals surface area contributed by atoms with Gasteiger partial charge in [-0.05, 0) is 5.56 Å². The number of nitrogens with zero attached hydrogens (tertiary/aromatic N) is 2. The molecule has 0 bridgehead atoms. The third-order valence-electron chi connectivity index (χ3n) is 4.40. The first-order chi connectivity index (χ1) is 12.8. The van der Waals surface area contributed by atoms with Gasteiger partial charge in [-0.25, -0.2) is 4.98 Å². The fourth-order valence-electron chi connectivity index (χ4n) is 2.87. The predicted octanol–water partition coefficient (Wildman–Crippen LogP) is 2.80. The average molecular weight is 387 g/mol. The van der Waals surface area contributed by atoms with E-state index in [0.29, 0.717) is 5.13 Å². The molecule has 1 aliphatic rings. The number of rotatable bonds is 5. The fraction of sp³-hybridized carbons (Fsp3) is 0.450. The predicted molar refractivity (Wildman–Crippen MR) is 107 cm³/mol. The minimum atomic E-state index is -0.511. The summed E-state index contributed by atoms with van der Waals surface area (Å²) in [5, 5.41) is 6.07. The number of benzene rings is 1. The van der Waals surface area contributed by atoms with Gasteiger partial charge in [0.15, 0.2) is 5.13 Å². The van der Waals surface area contributed by atoms with Crippen molar-refractivity contribution in [2.75, 3.05) is 18.4 Å². The molecule has 144 valence electrons. The van der Waals surface area contributed by atoms with Crippen molar-refractivity contribution >= 4 is 28.3 Å². The molecule has 0 saturated carbocycles. The molecule has 0 radical (unpaired) electrons. The summed E-state index contributed by atoms with van der Waals surface area (Å²) in [6.07, 6.45) is 0.884. The lowest BCUT2D eigenvalue weighted by Crippen LogP contribution is -2.39. The summed E-state index contributed by atoms with van der Waals surface area (Å²) in [6.45, 7) is 8.13. The van der Waals surface area contributed by atoms with Gasteiger partial charge < -0.3 is 10.6 Å². The average Bonchev–Trinajstić information content (AvgIpc) is 3.01. The van der Waals surface area contributed by atoms with Gasteiger partial charge in [0.1, 0.15) is 0 Å². The van der Waals surface area contributed by atoms with Gasteiger partial charge in [-0.1, -0.05) is 51.1 Å². The number of fused-ring (bicyclic) bond motifs is 1. The maximum absolute atomic E-state index is 12.1. The van der Waals surface area contributed by atoms with Crippen LogP contribution >= 0.6 is 11.3 Å². The van der Waals surface area contributed by atoms with Crippen LogP contribution in [0.5, 0.6) is 0 Å². The van der Waals surface area contributed by atoms with Gasteiger partial charge in [0.05, 0.1) is 12.2 Å². The molecule has 0 spiro atoms. The molecule has 2 aromatic rings. The van der Waals surface area contributed by atoms with E-state index in [9.17, 15) is 9.59 Å². The van der Waals surface area contributed by atoms with Gasteiger partial charge in [0.2, 0.25) is 11.8 Å². The molecule has 1 aliphatic heterocycles. The smallest absolute Gasteiger partial charge is 0.245 e. The minimum absolute atomic E-state index is 0.0412. The second-order valence-electron chi connectivity index (χ2n) is 7.82. The van der Waals surface area contributed by atoms with Crippen LogP contribution in [0.4, 0.5) is 5.13 Å². The van der Waals surface area contributed by atoms with Gasteiger partial charge in [0, 0.05) is 36.3 Å². The van der Waals surface area contributed by atoms with Crippen LogP contribution in [-0.4, -0.2) is 34.8 Å². The molecule has 7 heteroatoms. The third kappa shape index (κ3) is 5.37. The Morgan fingerprint density at radius 2 is 1.96 bits per heavy atom. The van der Waals surface area contributed by atoms with E-state index in [0.717, 1.165) is 31.7 Å². The normalized spacial score (nSPS) is 14.5. The van der Waals surface area contributed by atoms with Crippen LogP contribution in [0.3, 0.4) is 0 Å². The number of carbonyl (C=O) groups excluding carboxylic acids is 2. The SMILES string of the molecule is CC(C)(C)C(=O)NCC(=O)Nc1nc2c(s1)CN(Cc1ccccc1)CC2. The van der Waals surface area contributed by atoms with Crippen molar-refractivity contribution in [3.63, 3.8) is 0 Å². The van der Waals surface area contributed by atoms with Gasteiger partial charge in [-0.15, -0.1) is 11.3 Å². The van der Waals surface area contributed by atoms with E-state index in [1.807, 2.05) is 26.8 Å². The molecule has 1 aromatic heterocycles. The molecule has 2 N–H and O–H groups in total. The zero-order valence-electron chi connectivity index (χ0n) is 16.0. The molecule has 0 unspecified atom stereocenters. The lowest BCUT2D eigenvalue weighted by molar-refractivity contribution is -0.130. The molecular weight excluding hydrogens is 360 g/mol.